The van der Waals surface area contributed by atoms with Crippen LogP contribution in [0, 0.1) is 11.3 Å². The summed E-state index contributed by atoms with van der Waals surface area (Å²) in [5.41, 5.74) is 8.69. The van der Waals surface area contributed by atoms with Crippen molar-refractivity contribution in [2.24, 2.45) is 5.92 Å². The first-order valence-corrected chi connectivity index (χ1v) is 8.84. The molecule has 2 aromatic rings. The number of nitrogens with two attached hydrogens (primary N) is 1. The zero-order chi connectivity index (χ0) is 17.8. The molecule has 0 radical (unpaired) electrons. The molecule has 0 amide bonds. The van der Waals surface area contributed by atoms with Gasteiger partial charge in [-0.25, -0.2) is 4.98 Å². The number of pyridine rings is 1. The lowest BCUT2D eigenvalue weighted by atomic mass is 9.98. The van der Waals surface area contributed by atoms with Gasteiger partial charge in [0, 0.05) is 43.1 Å². The lowest BCUT2D eigenvalue weighted by molar-refractivity contribution is 0.213. The predicted molar refractivity (Wildman–Crippen MR) is 105 cm³/mol. The molecule has 1 aliphatic rings. The van der Waals surface area contributed by atoms with Crippen molar-refractivity contribution < 1.29 is 0 Å². The number of likely N-dealkylation sites (tertiary alicyclic amines) is 1. The van der Waals surface area contributed by atoms with Gasteiger partial charge in [0.15, 0.2) is 0 Å². The Labute approximate surface area is 150 Å². The summed E-state index contributed by atoms with van der Waals surface area (Å²) in [5, 5.41) is 8.50. The summed E-state index contributed by atoms with van der Waals surface area (Å²) in [5.74, 6) is 1.57. The Balaban J connectivity index is 1.74. The third-order valence-corrected chi connectivity index (χ3v) is 4.91. The van der Waals surface area contributed by atoms with Gasteiger partial charge in [-0.1, -0.05) is 18.2 Å². The first-order chi connectivity index (χ1) is 12.0. The third kappa shape index (κ3) is 4.17. The molecule has 3 rings (SSSR count). The number of hydrogen-bond acceptors (Lipinski definition) is 5. The fourth-order valence-electron chi connectivity index (χ4n) is 3.57. The van der Waals surface area contributed by atoms with Crippen LogP contribution in [0.5, 0.6) is 0 Å². The average molecular weight is 337 g/mol. The van der Waals surface area contributed by atoms with Crippen molar-refractivity contribution in [3.8, 4) is 0 Å². The highest BCUT2D eigenvalue weighted by Crippen LogP contribution is 2.21. The van der Waals surface area contributed by atoms with Crippen LogP contribution in [0.15, 0.2) is 42.6 Å². The van der Waals surface area contributed by atoms with E-state index in [4.69, 9.17) is 11.1 Å². The minimum atomic E-state index is 0.438. The van der Waals surface area contributed by atoms with E-state index in [0.29, 0.717) is 17.3 Å². The van der Waals surface area contributed by atoms with Crippen LogP contribution in [0.4, 0.5) is 11.5 Å². The monoisotopic (exact) mass is 337 g/mol. The number of nitrogens with one attached hydrogen (secondary N) is 1. The number of aromatic nitrogens is 1. The highest BCUT2D eigenvalue weighted by atomic mass is 15.2. The van der Waals surface area contributed by atoms with Gasteiger partial charge in [0.05, 0.1) is 5.71 Å². The number of benzene rings is 1. The zero-order valence-electron chi connectivity index (χ0n) is 15.1. The molecule has 25 heavy (non-hydrogen) atoms. The molecule has 0 aliphatic carbocycles. The number of nitrogen functional groups attached to an aromatic ring is 1. The minimum Gasteiger partial charge on any atom is -0.398 e. The quantitative estimate of drug-likeness (QED) is 0.650. The number of hydrogen-bond donors (Lipinski definition) is 2. The second-order valence-corrected chi connectivity index (χ2v) is 7.02. The molecular weight excluding hydrogens is 310 g/mol. The number of nitrogens with zero attached hydrogens (tertiary/aromatic N) is 3. The highest BCUT2D eigenvalue weighted by Gasteiger charge is 2.19. The Morgan fingerprint density at radius 2 is 2.16 bits per heavy atom. The van der Waals surface area contributed by atoms with Gasteiger partial charge in [-0.05, 0) is 50.6 Å². The van der Waals surface area contributed by atoms with Crippen LogP contribution in [0.1, 0.15) is 24.0 Å². The van der Waals surface area contributed by atoms with Gasteiger partial charge in [0.25, 0.3) is 0 Å². The molecule has 132 valence electrons. The third-order valence-electron chi connectivity index (χ3n) is 4.91. The van der Waals surface area contributed by atoms with Crippen LogP contribution in [0.25, 0.3) is 0 Å². The van der Waals surface area contributed by atoms with E-state index in [1.54, 1.807) is 6.20 Å². The van der Waals surface area contributed by atoms with Gasteiger partial charge in [-0.2, -0.15) is 0 Å². The molecule has 2 heterocycles. The van der Waals surface area contributed by atoms with Gasteiger partial charge in [-0.3, -0.25) is 5.41 Å². The zero-order valence-corrected chi connectivity index (χ0v) is 15.1. The maximum absolute atomic E-state index is 8.50. The molecule has 1 aromatic carbocycles. The summed E-state index contributed by atoms with van der Waals surface area (Å²) >= 11 is 0. The molecule has 3 N–H and O–H groups in total. The van der Waals surface area contributed by atoms with Gasteiger partial charge < -0.3 is 15.5 Å². The second kappa shape index (κ2) is 7.66. The first kappa shape index (κ1) is 17.4. The maximum atomic E-state index is 8.50. The molecule has 0 spiro atoms. The lowest BCUT2D eigenvalue weighted by Gasteiger charge is -2.32. The lowest BCUT2D eigenvalue weighted by Crippen LogP contribution is -2.38. The fourth-order valence-corrected chi connectivity index (χ4v) is 3.57. The van der Waals surface area contributed by atoms with Crippen molar-refractivity contribution >= 4 is 17.2 Å². The van der Waals surface area contributed by atoms with E-state index in [9.17, 15) is 0 Å². The fraction of sp³-hybridized carbons (Fsp3) is 0.400. The van der Waals surface area contributed by atoms with Crippen LogP contribution < -0.4 is 10.6 Å². The Hall–Kier alpha value is -2.40. The molecule has 1 atom stereocenters. The molecule has 1 aliphatic heterocycles. The molecule has 0 bridgehead atoms. The maximum Gasteiger partial charge on any atom is 0.128 e. The van der Waals surface area contributed by atoms with E-state index in [2.05, 4.69) is 28.9 Å². The molecule has 1 fully saturated rings. The Bertz CT molecular complexity index is 742. The summed E-state index contributed by atoms with van der Waals surface area (Å²) in [6, 6.07) is 11.4. The topological polar surface area (TPSA) is 69.2 Å². The van der Waals surface area contributed by atoms with Crippen LogP contribution in [-0.4, -0.2) is 49.3 Å². The number of rotatable bonds is 5. The number of anilines is 2. The normalized spacial score (nSPS) is 18.1. The second-order valence-electron chi connectivity index (χ2n) is 7.02. The van der Waals surface area contributed by atoms with Gasteiger partial charge in [-0.15, -0.1) is 0 Å². The van der Waals surface area contributed by atoms with Crippen molar-refractivity contribution in [3.63, 3.8) is 0 Å². The smallest absolute Gasteiger partial charge is 0.128 e. The molecular formula is C20H27N5. The summed E-state index contributed by atoms with van der Waals surface area (Å²) in [7, 11) is 4.28. The Morgan fingerprint density at radius 1 is 1.36 bits per heavy atom. The molecule has 0 saturated carbocycles. The first-order valence-electron chi connectivity index (χ1n) is 8.84. The molecule has 5 nitrogen and oxygen atoms in total. The van der Waals surface area contributed by atoms with Crippen molar-refractivity contribution in [1.29, 1.82) is 5.41 Å². The summed E-state index contributed by atoms with van der Waals surface area (Å²) in [6.45, 7) is 3.33. The molecule has 1 aromatic heterocycles. The van der Waals surface area contributed by atoms with Gasteiger partial charge in [0.1, 0.15) is 5.82 Å². The number of piperidine rings is 1. The molecule has 1 unspecified atom stereocenters. The van der Waals surface area contributed by atoms with Crippen molar-refractivity contribution in [3.05, 3.63) is 53.7 Å². The Kier molecular flexibility index (Phi) is 5.34. The van der Waals surface area contributed by atoms with E-state index in [-0.39, 0.29) is 0 Å². The number of para-hydroxylation sites is 1. The summed E-state index contributed by atoms with van der Waals surface area (Å²) < 4.78 is 0. The minimum absolute atomic E-state index is 0.438. The van der Waals surface area contributed by atoms with Crippen molar-refractivity contribution in [1.82, 2.24) is 9.88 Å². The van der Waals surface area contributed by atoms with Crippen LogP contribution >= 0.6 is 0 Å². The van der Waals surface area contributed by atoms with Crippen LogP contribution in [0.2, 0.25) is 0 Å². The summed E-state index contributed by atoms with van der Waals surface area (Å²) in [6.07, 6.45) is 4.31. The van der Waals surface area contributed by atoms with E-state index in [1.165, 1.54) is 19.4 Å². The predicted octanol–water partition coefficient (Wildman–Crippen LogP) is 2.86. The molecule has 5 heteroatoms. The SMILES string of the molecule is CN1CCCC(CN(C)c2cc(C(=N)c3ccccc3N)ccn2)C1. The van der Waals surface area contributed by atoms with Crippen LogP contribution in [-0.2, 0) is 0 Å². The van der Waals surface area contributed by atoms with Crippen molar-refractivity contribution in [2.75, 3.05) is 44.4 Å². The van der Waals surface area contributed by atoms with Crippen LogP contribution in [0.3, 0.4) is 0 Å². The molecule has 1 saturated heterocycles. The van der Waals surface area contributed by atoms with E-state index < -0.39 is 0 Å². The largest absolute Gasteiger partial charge is 0.398 e. The standard InChI is InChI=1S/C20H27N5/c1-24-11-5-6-15(13-24)14-25(2)19-12-16(9-10-23-19)20(22)17-7-3-4-8-18(17)21/h3-4,7-10,12,15,22H,5-6,11,13-14,21H2,1-2H3. The van der Waals surface area contributed by atoms with E-state index >= 15 is 0 Å². The van der Waals surface area contributed by atoms with Crippen molar-refractivity contribution in [2.45, 2.75) is 12.8 Å². The van der Waals surface area contributed by atoms with Gasteiger partial charge in [0.2, 0.25) is 0 Å². The van der Waals surface area contributed by atoms with Gasteiger partial charge >= 0.3 is 0 Å². The summed E-state index contributed by atoms with van der Waals surface area (Å²) in [4.78, 5) is 9.11. The van der Waals surface area contributed by atoms with E-state index in [1.807, 2.05) is 36.4 Å². The Morgan fingerprint density at radius 3 is 2.92 bits per heavy atom. The average Bonchev–Trinajstić information content (AvgIpc) is 2.62. The highest BCUT2D eigenvalue weighted by molar-refractivity contribution is 6.14. The van der Waals surface area contributed by atoms with E-state index in [0.717, 1.165) is 30.0 Å².